The average molecular weight is 307 g/mol. The van der Waals surface area contributed by atoms with Crippen LogP contribution in [0.25, 0.3) is 0 Å². The molecule has 1 amide bonds. The summed E-state index contributed by atoms with van der Waals surface area (Å²) < 4.78 is 0. The fraction of sp³-hybridized carbons (Fsp3) is 0.0714. The second-order valence-corrected chi connectivity index (χ2v) is 4.76. The van der Waals surface area contributed by atoms with E-state index < -0.39 is 10.8 Å². The molecule has 7 heteroatoms. The third-order valence-electron chi connectivity index (χ3n) is 2.95. The Morgan fingerprint density at radius 2 is 2.05 bits per heavy atom. The lowest BCUT2D eigenvalue weighted by atomic mass is 10.1. The van der Waals surface area contributed by atoms with Gasteiger partial charge >= 0.3 is 0 Å². The molecule has 0 radical (unpaired) electrons. The van der Waals surface area contributed by atoms with E-state index in [9.17, 15) is 20.0 Å². The molecular weight excluding hydrogens is 296 g/mol. The van der Waals surface area contributed by atoms with E-state index in [-0.39, 0.29) is 28.3 Å². The van der Waals surface area contributed by atoms with Crippen molar-refractivity contribution in [3.63, 3.8) is 0 Å². The van der Waals surface area contributed by atoms with Crippen LogP contribution in [-0.4, -0.2) is 15.9 Å². The number of carbonyl (C=O) groups excluding carboxylic acids is 1. The number of hydrogen-bond acceptors (Lipinski definition) is 4. The number of nitro benzene ring substituents is 1. The summed E-state index contributed by atoms with van der Waals surface area (Å²) in [5.74, 6) is -0.704. The van der Waals surface area contributed by atoms with Crippen LogP contribution in [0.2, 0.25) is 5.02 Å². The summed E-state index contributed by atoms with van der Waals surface area (Å²) in [6.45, 7) is 1.49. The van der Waals surface area contributed by atoms with E-state index in [0.29, 0.717) is 5.02 Å². The Morgan fingerprint density at radius 1 is 1.33 bits per heavy atom. The van der Waals surface area contributed by atoms with E-state index in [1.807, 2.05) is 0 Å². The maximum atomic E-state index is 12.2. The van der Waals surface area contributed by atoms with Crippen LogP contribution >= 0.6 is 11.6 Å². The number of anilines is 1. The molecule has 0 aliphatic carbocycles. The second-order valence-electron chi connectivity index (χ2n) is 4.32. The Labute approximate surface area is 125 Å². The quantitative estimate of drug-likeness (QED) is 0.515. The first-order valence-electron chi connectivity index (χ1n) is 5.94. The van der Waals surface area contributed by atoms with Crippen molar-refractivity contribution in [3.8, 4) is 5.75 Å². The molecule has 21 heavy (non-hydrogen) atoms. The number of hydrogen-bond donors (Lipinski definition) is 2. The van der Waals surface area contributed by atoms with Gasteiger partial charge in [-0.2, -0.15) is 0 Å². The number of amides is 1. The molecule has 2 rings (SSSR count). The van der Waals surface area contributed by atoms with Crippen molar-refractivity contribution >= 4 is 28.9 Å². The van der Waals surface area contributed by atoms with Gasteiger partial charge < -0.3 is 10.4 Å². The number of rotatable bonds is 3. The molecule has 0 atom stereocenters. The zero-order valence-corrected chi connectivity index (χ0v) is 11.7. The van der Waals surface area contributed by atoms with Gasteiger partial charge in [0.15, 0.2) is 0 Å². The minimum Gasteiger partial charge on any atom is -0.506 e. The standard InChI is InChI=1S/C14H11ClN2O4/c1-8-10(3-2-4-12(8)17(20)21)14(19)16-11-7-9(15)5-6-13(11)18/h2-7,18H,1H3,(H,16,19). The van der Waals surface area contributed by atoms with E-state index >= 15 is 0 Å². The molecule has 0 aromatic heterocycles. The highest BCUT2D eigenvalue weighted by molar-refractivity contribution is 6.31. The van der Waals surface area contributed by atoms with Gasteiger partial charge in [-0.05, 0) is 31.2 Å². The predicted octanol–water partition coefficient (Wildman–Crippen LogP) is 3.51. The molecule has 0 aliphatic heterocycles. The Kier molecular flexibility index (Phi) is 4.09. The number of carbonyl (C=O) groups is 1. The van der Waals surface area contributed by atoms with Gasteiger partial charge in [-0.1, -0.05) is 17.7 Å². The maximum absolute atomic E-state index is 12.2. The molecule has 0 saturated carbocycles. The van der Waals surface area contributed by atoms with E-state index in [1.54, 1.807) is 0 Å². The summed E-state index contributed by atoms with van der Waals surface area (Å²) in [6.07, 6.45) is 0. The van der Waals surface area contributed by atoms with Gasteiger partial charge in [-0.25, -0.2) is 0 Å². The summed E-state index contributed by atoms with van der Waals surface area (Å²) in [4.78, 5) is 22.5. The van der Waals surface area contributed by atoms with Crippen molar-refractivity contribution < 1.29 is 14.8 Å². The number of phenolic OH excluding ortho intramolecular Hbond substituents is 1. The Bertz CT molecular complexity index is 731. The summed E-state index contributed by atoms with van der Waals surface area (Å²) >= 11 is 5.79. The summed E-state index contributed by atoms with van der Waals surface area (Å²) in [6, 6.07) is 8.44. The van der Waals surface area contributed by atoms with Gasteiger partial charge in [0.05, 0.1) is 10.6 Å². The van der Waals surface area contributed by atoms with Gasteiger partial charge in [0.2, 0.25) is 0 Å². The minimum atomic E-state index is -0.561. The summed E-state index contributed by atoms with van der Waals surface area (Å²) in [5, 5.41) is 23.4. The number of aromatic hydroxyl groups is 1. The van der Waals surface area contributed by atoms with Crippen LogP contribution in [-0.2, 0) is 0 Å². The molecule has 6 nitrogen and oxygen atoms in total. The van der Waals surface area contributed by atoms with Crippen molar-refractivity contribution in [1.82, 2.24) is 0 Å². The molecule has 2 N–H and O–H groups in total. The summed E-state index contributed by atoms with van der Waals surface area (Å²) in [7, 11) is 0. The van der Waals surface area contributed by atoms with Gasteiger partial charge in [-0.15, -0.1) is 0 Å². The zero-order chi connectivity index (χ0) is 15.6. The van der Waals surface area contributed by atoms with Crippen LogP contribution in [0.1, 0.15) is 15.9 Å². The van der Waals surface area contributed by atoms with E-state index in [4.69, 9.17) is 11.6 Å². The fourth-order valence-electron chi connectivity index (χ4n) is 1.87. The fourth-order valence-corrected chi connectivity index (χ4v) is 2.04. The van der Waals surface area contributed by atoms with Crippen LogP contribution < -0.4 is 5.32 Å². The molecule has 0 spiro atoms. The number of nitrogens with one attached hydrogen (secondary N) is 1. The van der Waals surface area contributed by atoms with Crippen LogP contribution in [0.3, 0.4) is 0 Å². The molecule has 0 aliphatic rings. The first kappa shape index (κ1) is 14.8. The second kappa shape index (κ2) is 5.80. The van der Waals surface area contributed by atoms with E-state index in [2.05, 4.69) is 5.32 Å². The third kappa shape index (κ3) is 3.11. The van der Waals surface area contributed by atoms with Crippen molar-refractivity contribution in [2.24, 2.45) is 0 Å². The number of nitrogens with zero attached hydrogens (tertiary/aromatic N) is 1. The molecule has 2 aromatic rings. The molecule has 0 unspecified atom stereocenters. The van der Waals surface area contributed by atoms with Crippen LogP contribution in [0.5, 0.6) is 5.75 Å². The first-order valence-corrected chi connectivity index (χ1v) is 6.32. The lowest BCUT2D eigenvalue weighted by molar-refractivity contribution is -0.385. The molecule has 0 heterocycles. The molecule has 0 bridgehead atoms. The van der Waals surface area contributed by atoms with E-state index in [0.717, 1.165) is 0 Å². The molecule has 108 valence electrons. The molecule has 2 aromatic carbocycles. The third-order valence-corrected chi connectivity index (χ3v) is 3.19. The Morgan fingerprint density at radius 3 is 2.71 bits per heavy atom. The van der Waals surface area contributed by atoms with E-state index in [1.165, 1.54) is 43.3 Å². The molecular formula is C14H11ClN2O4. The maximum Gasteiger partial charge on any atom is 0.273 e. The van der Waals surface area contributed by atoms with Gasteiger partial charge in [-0.3, -0.25) is 14.9 Å². The largest absolute Gasteiger partial charge is 0.506 e. The lowest BCUT2D eigenvalue weighted by Crippen LogP contribution is -2.14. The van der Waals surface area contributed by atoms with Crippen molar-refractivity contribution in [2.45, 2.75) is 6.92 Å². The minimum absolute atomic E-state index is 0.137. The molecule has 0 saturated heterocycles. The van der Waals surface area contributed by atoms with Crippen molar-refractivity contribution in [1.29, 1.82) is 0 Å². The lowest BCUT2D eigenvalue weighted by Gasteiger charge is -2.09. The smallest absolute Gasteiger partial charge is 0.273 e. The highest BCUT2D eigenvalue weighted by Crippen LogP contribution is 2.28. The molecule has 0 fully saturated rings. The zero-order valence-electron chi connectivity index (χ0n) is 11.0. The van der Waals surface area contributed by atoms with Crippen LogP contribution in [0.15, 0.2) is 36.4 Å². The van der Waals surface area contributed by atoms with Crippen LogP contribution in [0.4, 0.5) is 11.4 Å². The highest BCUT2D eigenvalue weighted by atomic mass is 35.5. The van der Waals surface area contributed by atoms with Gasteiger partial charge in [0, 0.05) is 22.2 Å². The SMILES string of the molecule is Cc1c(C(=O)Nc2cc(Cl)ccc2O)cccc1[N+](=O)[O-]. The Hall–Kier alpha value is -2.60. The normalized spacial score (nSPS) is 10.2. The first-order chi connectivity index (χ1) is 9.90. The van der Waals surface area contributed by atoms with Crippen molar-refractivity contribution in [2.75, 3.05) is 5.32 Å². The predicted molar refractivity (Wildman–Crippen MR) is 78.9 cm³/mol. The Balaban J connectivity index is 2.35. The van der Waals surface area contributed by atoms with Crippen LogP contribution in [0, 0.1) is 17.0 Å². The average Bonchev–Trinajstić information content (AvgIpc) is 2.42. The van der Waals surface area contributed by atoms with Crippen molar-refractivity contribution in [3.05, 3.63) is 62.7 Å². The number of nitro groups is 1. The summed E-state index contributed by atoms with van der Waals surface area (Å²) in [5.41, 5.74) is 0.404. The number of benzene rings is 2. The monoisotopic (exact) mass is 306 g/mol. The topological polar surface area (TPSA) is 92.5 Å². The number of phenols is 1. The number of halogens is 1. The van der Waals surface area contributed by atoms with Gasteiger partial charge in [0.1, 0.15) is 5.75 Å². The highest BCUT2D eigenvalue weighted by Gasteiger charge is 2.18. The van der Waals surface area contributed by atoms with Gasteiger partial charge in [0.25, 0.3) is 11.6 Å².